The lowest BCUT2D eigenvalue weighted by Gasteiger charge is -2.15. The molecule has 0 radical (unpaired) electrons. The van der Waals surface area contributed by atoms with Crippen LogP contribution in [0.2, 0.25) is 0 Å². The van der Waals surface area contributed by atoms with Crippen LogP contribution in [0.3, 0.4) is 0 Å². The summed E-state index contributed by atoms with van der Waals surface area (Å²) < 4.78 is 0. The number of hydrogen-bond acceptors (Lipinski definition) is 2. The maximum absolute atomic E-state index is 11.8. The molecule has 2 rings (SSSR count). The fourth-order valence-electron chi connectivity index (χ4n) is 2.69. The first-order chi connectivity index (χ1) is 7.20. The fourth-order valence-corrected chi connectivity index (χ4v) is 3.38. The van der Waals surface area contributed by atoms with E-state index in [1.807, 2.05) is 11.8 Å². The average Bonchev–Trinajstić information content (AvgIpc) is 2.83. The molecular weight excluding hydrogens is 206 g/mol. The molecule has 3 atom stereocenters. The van der Waals surface area contributed by atoms with Gasteiger partial charge in [-0.3, -0.25) is 4.79 Å². The van der Waals surface area contributed by atoms with Gasteiger partial charge in [0.15, 0.2) is 0 Å². The number of hydrogen-bond donors (Lipinski definition) is 1. The van der Waals surface area contributed by atoms with E-state index in [-0.39, 0.29) is 0 Å². The second-order valence-electron chi connectivity index (χ2n) is 5.23. The lowest BCUT2D eigenvalue weighted by atomic mass is 10.0. The maximum atomic E-state index is 11.8. The van der Waals surface area contributed by atoms with Crippen molar-refractivity contribution in [3.8, 4) is 0 Å². The Balaban J connectivity index is 1.64. The molecule has 2 fully saturated rings. The highest BCUT2D eigenvalue weighted by atomic mass is 32.2. The van der Waals surface area contributed by atoms with E-state index in [4.69, 9.17) is 0 Å². The predicted molar refractivity (Wildman–Crippen MR) is 64.9 cm³/mol. The van der Waals surface area contributed by atoms with Gasteiger partial charge in [-0.15, -0.1) is 0 Å². The van der Waals surface area contributed by atoms with E-state index >= 15 is 0 Å². The first kappa shape index (κ1) is 11.3. The lowest BCUT2D eigenvalue weighted by molar-refractivity contribution is -0.125. The van der Waals surface area contributed by atoms with Gasteiger partial charge in [0.1, 0.15) is 0 Å². The van der Waals surface area contributed by atoms with Crippen LogP contribution in [-0.2, 0) is 4.79 Å². The van der Waals surface area contributed by atoms with Crippen LogP contribution < -0.4 is 5.32 Å². The van der Waals surface area contributed by atoms with Crippen molar-refractivity contribution >= 4 is 17.7 Å². The number of amides is 1. The molecule has 2 aliphatic rings. The molecule has 3 heteroatoms. The van der Waals surface area contributed by atoms with Crippen LogP contribution in [0.25, 0.3) is 0 Å². The minimum atomic E-state index is 0.315. The number of carbonyl (C=O) groups is 1. The topological polar surface area (TPSA) is 29.1 Å². The van der Waals surface area contributed by atoms with Gasteiger partial charge in [-0.25, -0.2) is 0 Å². The Morgan fingerprint density at radius 2 is 2.07 bits per heavy atom. The Labute approximate surface area is 96.6 Å². The van der Waals surface area contributed by atoms with Gasteiger partial charge in [-0.05, 0) is 49.0 Å². The summed E-state index contributed by atoms with van der Waals surface area (Å²) in [6.45, 7) is 3.05. The molecule has 2 aliphatic carbocycles. The fraction of sp³-hybridized carbons (Fsp3) is 0.917. The van der Waals surface area contributed by atoms with Gasteiger partial charge in [0.05, 0.1) is 0 Å². The average molecular weight is 227 g/mol. The molecule has 0 aromatic carbocycles. The summed E-state index contributed by atoms with van der Waals surface area (Å²) >= 11 is 1.85. The van der Waals surface area contributed by atoms with Crippen molar-refractivity contribution in [1.82, 2.24) is 5.32 Å². The van der Waals surface area contributed by atoms with Crippen molar-refractivity contribution < 1.29 is 4.79 Å². The zero-order valence-corrected chi connectivity index (χ0v) is 10.5. The normalized spacial score (nSPS) is 34.7. The maximum Gasteiger partial charge on any atom is 0.223 e. The second-order valence-corrected chi connectivity index (χ2v) is 6.14. The number of thioether (sulfide) groups is 1. The lowest BCUT2D eigenvalue weighted by Crippen LogP contribution is -2.33. The highest BCUT2D eigenvalue weighted by Crippen LogP contribution is 2.54. The number of carbonyl (C=O) groups excluding carboxylic acids is 1. The van der Waals surface area contributed by atoms with Crippen molar-refractivity contribution in [1.29, 1.82) is 0 Å². The summed E-state index contributed by atoms with van der Waals surface area (Å²) in [5, 5.41) is 3.10. The first-order valence-electron chi connectivity index (χ1n) is 5.97. The minimum Gasteiger partial charge on any atom is -0.356 e. The summed E-state index contributed by atoms with van der Waals surface area (Å²) in [5.74, 6) is 4.20. The Hall–Kier alpha value is -0.180. The SMILES string of the molecule is CSCC(C)CNC(=O)C1CC2CC2C1. The Bertz CT molecular complexity index is 234. The molecule has 1 amide bonds. The first-order valence-corrected chi connectivity index (χ1v) is 7.36. The van der Waals surface area contributed by atoms with Crippen molar-refractivity contribution in [3.05, 3.63) is 0 Å². The molecule has 2 nitrogen and oxygen atoms in total. The van der Waals surface area contributed by atoms with Crippen molar-refractivity contribution in [2.45, 2.75) is 26.2 Å². The molecule has 0 aromatic heterocycles. The smallest absolute Gasteiger partial charge is 0.223 e. The van der Waals surface area contributed by atoms with Gasteiger partial charge in [0.2, 0.25) is 5.91 Å². The van der Waals surface area contributed by atoms with Crippen molar-refractivity contribution in [2.75, 3.05) is 18.6 Å². The molecule has 0 saturated heterocycles. The quantitative estimate of drug-likeness (QED) is 0.779. The second kappa shape index (κ2) is 4.77. The summed E-state index contributed by atoms with van der Waals surface area (Å²) in [7, 11) is 0. The van der Waals surface area contributed by atoms with Crippen molar-refractivity contribution in [2.24, 2.45) is 23.7 Å². The third kappa shape index (κ3) is 2.90. The zero-order chi connectivity index (χ0) is 10.8. The van der Waals surface area contributed by atoms with E-state index in [9.17, 15) is 4.79 Å². The largest absolute Gasteiger partial charge is 0.356 e. The highest BCUT2D eigenvalue weighted by molar-refractivity contribution is 7.98. The number of rotatable bonds is 5. The van der Waals surface area contributed by atoms with Crippen molar-refractivity contribution in [3.63, 3.8) is 0 Å². The molecule has 2 saturated carbocycles. The molecule has 1 N–H and O–H groups in total. The van der Waals surface area contributed by atoms with Gasteiger partial charge in [-0.2, -0.15) is 11.8 Å². The Morgan fingerprint density at radius 1 is 1.40 bits per heavy atom. The molecule has 0 bridgehead atoms. The summed E-state index contributed by atoms with van der Waals surface area (Å²) in [5.41, 5.74) is 0. The minimum absolute atomic E-state index is 0.315. The van der Waals surface area contributed by atoms with E-state index < -0.39 is 0 Å². The highest BCUT2D eigenvalue weighted by Gasteiger charge is 2.47. The molecule has 86 valence electrons. The van der Waals surface area contributed by atoms with Gasteiger partial charge >= 0.3 is 0 Å². The number of fused-ring (bicyclic) bond motifs is 1. The number of nitrogens with one attached hydrogen (secondary N) is 1. The van der Waals surface area contributed by atoms with Crippen LogP contribution in [0.4, 0.5) is 0 Å². The summed E-state index contributed by atoms with van der Waals surface area (Å²) in [6, 6.07) is 0. The van der Waals surface area contributed by atoms with Crippen LogP contribution in [0.15, 0.2) is 0 Å². The van der Waals surface area contributed by atoms with Crippen LogP contribution >= 0.6 is 11.8 Å². The molecule has 3 unspecified atom stereocenters. The van der Waals surface area contributed by atoms with E-state index in [1.165, 1.54) is 6.42 Å². The molecular formula is C12H21NOS. The monoisotopic (exact) mass is 227 g/mol. The van der Waals surface area contributed by atoms with Gasteiger partial charge in [-0.1, -0.05) is 6.92 Å². The van der Waals surface area contributed by atoms with Crippen LogP contribution in [0, 0.1) is 23.7 Å². The predicted octanol–water partition coefficient (Wildman–Crippen LogP) is 2.15. The van der Waals surface area contributed by atoms with E-state index in [0.29, 0.717) is 17.7 Å². The third-order valence-corrected chi connectivity index (χ3v) is 4.59. The van der Waals surface area contributed by atoms with E-state index in [2.05, 4.69) is 18.5 Å². The Kier molecular flexibility index (Phi) is 3.60. The molecule has 0 heterocycles. The third-order valence-electron chi connectivity index (χ3n) is 3.69. The molecule has 15 heavy (non-hydrogen) atoms. The van der Waals surface area contributed by atoms with Gasteiger partial charge in [0, 0.05) is 12.5 Å². The zero-order valence-electron chi connectivity index (χ0n) is 9.66. The van der Waals surface area contributed by atoms with E-state index in [0.717, 1.165) is 37.0 Å². The van der Waals surface area contributed by atoms with Gasteiger partial charge in [0.25, 0.3) is 0 Å². The Morgan fingerprint density at radius 3 is 2.67 bits per heavy atom. The molecule has 0 aromatic rings. The van der Waals surface area contributed by atoms with Gasteiger partial charge < -0.3 is 5.32 Å². The molecule has 0 aliphatic heterocycles. The standard InChI is InChI=1S/C12H21NOS/c1-8(7-15-2)6-13-12(14)11-4-9-3-10(9)5-11/h8-11H,3-7H2,1-2H3,(H,13,14). The summed E-state index contributed by atoms with van der Waals surface area (Å²) in [6.07, 6.45) is 5.83. The summed E-state index contributed by atoms with van der Waals surface area (Å²) in [4.78, 5) is 11.8. The van der Waals surface area contributed by atoms with Crippen LogP contribution in [-0.4, -0.2) is 24.5 Å². The molecule has 0 spiro atoms. The van der Waals surface area contributed by atoms with Crippen LogP contribution in [0.1, 0.15) is 26.2 Å². The van der Waals surface area contributed by atoms with E-state index in [1.54, 1.807) is 0 Å². The van der Waals surface area contributed by atoms with Crippen LogP contribution in [0.5, 0.6) is 0 Å².